The topological polar surface area (TPSA) is 25.4 Å². The average Bonchev–Trinajstić information content (AvgIpc) is 2.86. The molecular weight excluding hydrogens is 416 g/mol. The van der Waals surface area contributed by atoms with Crippen LogP contribution in [0.1, 0.15) is 79.6 Å². The molecule has 3 heteroatoms. The molecule has 1 atom stereocenters. The number of hydrogen-bond acceptors (Lipinski definition) is 3. The number of rotatable bonds is 11. The Morgan fingerprint density at radius 2 is 1.56 bits per heavy atom. The van der Waals surface area contributed by atoms with E-state index < -0.39 is 0 Å². The van der Waals surface area contributed by atoms with E-state index in [0.29, 0.717) is 6.04 Å². The highest BCUT2D eigenvalue weighted by molar-refractivity contribution is 5.73. The molecule has 1 unspecified atom stereocenters. The van der Waals surface area contributed by atoms with Crippen LogP contribution >= 0.6 is 0 Å². The lowest BCUT2D eigenvalue weighted by Gasteiger charge is -2.30. The normalized spacial score (nSPS) is 12.2. The highest BCUT2D eigenvalue weighted by atomic mass is 16.5. The van der Waals surface area contributed by atoms with Crippen LogP contribution in [0, 0.1) is 13.8 Å². The zero-order valence-corrected chi connectivity index (χ0v) is 22.2. The van der Waals surface area contributed by atoms with Gasteiger partial charge in [0.25, 0.3) is 0 Å². The lowest BCUT2D eigenvalue weighted by atomic mass is 9.91. The first kappa shape index (κ1) is 26.0. The van der Waals surface area contributed by atoms with Gasteiger partial charge in [-0.3, -0.25) is 9.88 Å². The number of ether oxygens (including phenoxy) is 1. The third kappa shape index (κ3) is 5.52. The summed E-state index contributed by atoms with van der Waals surface area (Å²) in [6.07, 6.45) is 5.54. The van der Waals surface area contributed by atoms with Crippen LogP contribution in [0.25, 0.3) is 11.3 Å². The van der Waals surface area contributed by atoms with Gasteiger partial charge in [0, 0.05) is 35.0 Å². The van der Waals surface area contributed by atoms with E-state index in [2.05, 4.69) is 95.1 Å². The molecule has 3 aromatic rings. The van der Waals surface area contributed by atoms with Crippen LogP contribution < -0.4 is 4.74 Å². The molecule has 34 heavy (non-hydrogen) atoms. The zero-order chi connectivity index (χ0) is 24.7. The molecule has 0 bridgehead atoms. The molecule has 0 amide bonds. The third-order valence-corrected chi connectivity index (χ3v) is 7.08. The first-order valence-electron chi connectivity index (χ1n) is 12.9. The molecule has 0 spiro atoms. The van der Waals surface area contributed by atoms with Crippen molar-refractivity contribution in [3.8, 4) is 17.0 Å². The highest BCUT2D eigenvalue weighted by Gasteiger charge is 2.23. The van der Waals surface area contributed by atoms with E-state index in [9.17, 15) is 0 Å². The van der Waals surface area contributed by atoms with Gasteiger partial charge in [-0.15, -0.1) is 0 Å². The highest BCUT2D eigenvalue weighted by Crippen LogP contribution is 2.38. The SMILES string of the molecule is CCCCC(c1ccccc1)N(C)Cc1c(C)nc(-c2c(CC)cccc2CC)c(C)c1OC. The van der Waals surface area contributed by atoms with Crippen molar-refractivity contribution in [2.24, 2.45) is 0 Å². The maximum absolute atomic E-state index is 6.07. The summed E-state index contributed by atoms with van der Waals surface area (Å²) in [5, 5.41) is 0. The molecule has 0 N–H and O–H groups in total. The van der Waals surface area contributed by atoms with Crippen LogP contribution in [0.3, 0.4) is 0 Å². The Kier molecular flexibility index (Phi) is 9.29. The van der Waals surface area contributed by atoms with Crippen LogP contribution in [0.4, 0.5) is 0 Å². The zero-order valence-electron chi connectivity index (χ0n) is 22.2. The van der Waals surface area contributed by atoms with E-state index in [0.717, 1.165) is 48.5 Å². The second-order valence-electron chi connectivity index (χ2n) is 9.32. The Labute approximate surface area is 207 Å². The van der Waals surface area contributed by atoms with Gasteiger partial charge in [-0.2, -0.15) is 0 Å². The molecular formula is C31H42N2O. The summed E-state index contributed by atoms with van der Waals surface area (Å²) in [6, 6.07) is 17.9. The summed E-state index contributed by atoms with van der Waals surface area (Å²) >= 11 is 0. The number of methoxy groups -OCH3 is 1. The number of pyridine rings is 1. The van der Waals surface area contributed by atoms with Crippen LogP contribution in [0.15, 0.2) is 48.5 Å². The van der Waals surface area contributed by atoms with Crippen molar-refractivity contribution in [2.45, 2.75) is 79.3 Å². The second-order valence-corrected chi connectivity index (χ2v) is 9.32. The molecule has 0 aliphatic carbocycles. The summed E-state index contributed by atoms with van der Waals surface area (Å²) in [6.45, 7) is 11.8. The van der Waals surface area contributed by atoms with Gasteiger partial charge in [-0.05, 0) is 56.8 Å². The van der Waals surface area contributed by atoms with Crippen molar-refractivity contribution in [2.75, 3.05) is 14.2 Å². The van der Waals surface area contributed by atoms with Gasteiger partial charge in [0.2, 0.25) is 0 Å². The smallest absolute Gasteiger partial charge is 0.130 e. The van der Waals surface area contributed by atoms with Crippen LogP contribution in [-0.2, 0) is 19.4 Å². The lowest BCUT2D eigenvalue weighted by molar-refractivity contribution is 0.217. The average molecular weight is 459 g/mol. The van der Waals surface area contributed by atoms with Gasteiger partial charge in [-0.1, -0.05) is 82.1 Å². The number of benzene rings is 2. The summed E-state index contributed by atoms with van der Waals surface area (Å²) in [7, 11) is 4.03. The lowest BCUT2D eigenvalue weighted by Crippen LogP contribution is -2.25. The molecule has 182 valence electrons. The van der Waals surface area contributed by atoms with E-state index >= 15 is 0 Å². The van der Waals surface area contributed by atoms with Gasteiger partial charge in [0.15, 0.2) is 0 Å². The maximum Gasteiger partial charge on any atom is 0.130 e. The van der Waals surface area contributed by atoms with Crippen LogP contribution in [0.5, 0.6) is 5.75 Å². The fraction of sp³-hybridized carbons (Fsp3) is 0.452. The number of aromatic nitrogens is 1. The number of aryl methyl sites for hydroxylation is 3. The van der Waals surface area contributed by atoms with Crippen molar-refractivity contribution in [1.82, 2.24) is 9.88 Å². The summed E-state index contributed by atoms with van der Waals surface area (Å²) in [5.74, 6) is 0.976. The largest absolute Gasteiger partial charge is 0.496 e. The van der Waals surface area contributed by atoms with E-state index in [1.807, 2.05) is 0 Å². The van der Waals surface area contributed by atoms with Gasteiger partial charge in [0.1, 0.15) is 5.75 Å². The molecule has 0 aliphatic rings. The number of nitrogens with zero attached hydrogens (tertiary/aromatic N) is 2. The molecule has 1 aromatic heterocycles. The van der Waals surface area contributed by atoms with Crippen molar-refractivity contribution < 1.29 is 4.74 Å². The number of hydrogen-bond donors (Lipinski definition) is 0. The molecule has 2 aromatic carbocycles. The van der Waals surface area contributed by atoms with Crippen LogP contribution in [0.2, 0.25) is 0 Å². The summed E-state index contributed by atoms with van der Waals surface area (Å²) < 4.78 is 6.07. The van der Waals surface area contributed by atoms with E-state index in [1.165, 1.54) is 40.7 Å². The second kappa shape index (κ2) is 12.2. The molecule has 0 aliphatic heterocycles. The van der Waals surface area contributed by atoms with E-state index in [-0.39, 0.29) is 0 Å². The van der Waals surface area contributed by atoms with Crippen LogP contribution in [-0.4, -0.2) is 24.0 Å². The van der Waals surface area contributed by atoms with Gasteiger partial charge >= 0.3 is 0 Å². The Morgan fingerprint density at radius 1 is 0.912 bits per heavy atom. The van der Waals surface area contributed by atoms with Crippen molar-refractivity contribution in [1.29, 1.82) is 0 Å². The van der Waals surface area contributed by atoms with E-state index in [4.69, 9.17) is 9.72 Å². The van der Waals surface area contributed by atoms with Gasteiger partial charge < -0.3 is 4.74 Å². The van der Waals surface area contributed by atoms with Gasteiger partial charge in [0.05, 0.1) is 12.8 Å². The fourth-order valence-electron chi connectivity index (χ4n) is 5.14. The minimum absolute atomic E-state index is 0.373. The molecule has 3 rings (SSSR count). The van der Waals surface area contributed by atoms with E-state index in [1.54, 1.807) is 7.11 Å². The Bertz CT molecular complexity index is 1050. The minimum atomic E-state index is 0.373. The molecule has 0 saturated heterocycles. The molecule has 1 heterocycles. The Morgan fingerprint density at radius 3 is 2.12 bits per heavy atom. The monoisotopic (exact) mass is 458 g/mol. The third-order valence-electron chi connectivity index (χ3n) is 7.08. The molecule has 3 nitrogen and oxygen atoms in total. The first-order valence-corrected chi connectivity index (χ1v) is 12.9. The minimum Gasteiger partial charge on any atom is -0.496 e. The first-order chi connectivity index (χ1) is 16.5. The molecule has 0 saturated carbocycles. The molecule has 0 radical (unpaired) electrons. The fourth-order valence-corrected chi connectivity index (χ4v) is 5.14. The summed E-state index contributed by atoms with van der Waals surface area (Å²) in [4.78, 5) is 7.68. The van der Waals surface area contributed by atoms with Crippen molar-refractivity contribution in [3.05, 3.63) is 82.0 Å². The quantitative estimate of drug-likeness (QED) is 0.292. The molecule has 0 fully saturated rings. The standard InChI is InChI=1S/C31H42N2O/c1-8-11-20-28(26-16-13-12-14-17-26)33(6)21-27-23(5)32-30(22(4)31(27)34-7)29-24(9-2)18-15-19-25(29)10-3/h12-19,28H,8-11,20-21H2,1-7H3. The number of unbranched alkanes of at least 4 members (excludes halogenated alkanes) is 1. The maximum atomic E-state index is 6.07. The van der Waals surface area contributed by atoms with Gasteiger partial charge in [-0.25, -0.2) is 0 Å². The van der Waals surface area contributed by atoms with Crippen molar-refractivity contribution >= 4 is 0 Å². The summed E-state index contributed by atoms with van der Waals surface area (Å²) in [5.41, 5.74) is 9.82. The Hall–Kier alpha value is -2.65. The Balaban J connectivity index is 2.05. The predicted octanol–water partition coefficient (Wildman–Crippen LogP) is 7.86. The van der Waals surface area contributed by atoms with Crippen molar-refractivity contribution in [3.63, 3.8) is 0 Å². The predicted molar refractivity (Wildman–Crippen MR) is 145 cm³/mol.